The molecule has 0 heterocycles. The maximum Gasteiger partial charge on any atom is 0.293 e. The molecular weight excluding hydrogens is 320 g/mol. The lowest BCUT2D eigenvalue weighted by Crippen LogP contribution is -2.21. The van der Waals surface area contributed by atoms with Crippen molar-refractivity contribution in [3.8, 4) is 5.75 Å². The van der Waals surface area contributed by atoms with E-state index in [1.165, 1.54) is 6.07 Å². The highest BCUT2D eigenvalue weighted by atomic mass is 35.5. The minimum Gasteiger partial charge on any atom is -0.484 e. The molecule has 6 nitrogen and oxygen atoms in total. The summed E-state index contributed by atoms with van der Waals surface area (Å²) < 4.78 is 5.32. The quantitative estimate of drug-likeness (QED) is 0.664. The molecule has 2 aromatic rings. The van der Waals surface area contributed by atoms with Crippen LogP contribution in [0.25, 0.3) is 0 Å². The fourth-order valence-electron chi connectivity index (χ4n) is 1.97. The molecule has 0 saturated carbocycles. The Balaban J connectivity index is 2.09. The van der Waals surface area contributed by atoms with E-state index in [-0.39, 0.29) is 18.0 Å². The number of carbonyl (C=O) groups is 1. The van der Waals surface area contributed by atoms with Crippen LogP contribution in [0.4, 0.5) is 11.4 Å². The van der Waals surface area contributed by atoms with E-state index in [9.17, 15) is 14.9 Å². The van der Waals surface area contributed by atoms with Gasteiger partial charge in [-0.1, -0.05) is 17.7 Å². The first-order valence-corrected chi connectivity index (χ1v) is 7.19. The highest BCUT2D eigenvalue weighted by Crippen LogP contribution is 2.30. The number of anilines is 1. The molecule has 0 bridgehead atoms. The number of rotatable bonds is 5. The highest BCUT2D eigenvalue weighted by molar-refractivity contribution is 6.30. The van der Waals surface area contributed by atoms with Crippen molar-refractivity contribution in [2.24, 2.45) is 0 Å². The number of nitrogens with one attached hydrogen (secondary N) is 1. The van der Waals surface area contributed by atoms with E-state index in [1.807, 2.05) is 6.92 Å². The second kappa shape index (κ2) is 7.11. The van der Waals surface area contributed by atoms with E-state index in [0.717, 1.165) is 5.56 Å². The zero-order valence-electron chi connectivity index (χ0n) is 12.6. The number of hydrogen-bond donors (Lipinski definition) is 1. The lowest BCUT2D eigenvalue weighted by Gasteiger charge is -2.11. The molecule has 120 valence electrons. The van der Waals surface area contributed by atoms with E-state index in [0.29, 0.717) is 16.3 Å². The van der Waals surface area contributed by atoms with Gasteiger partial charge >= 0.3 is 0 Å². The zero-order chi connectivity index (χ0) is 17.0. The van der Waals surface area contributed by atoms with Crippen LogP contribution in [0.15, 0.2) is 36.4 Å². The number of nitrogens with zero attached hydrogens (tertiary/aromatic N) is 1. The van der Waals surface area contributed by atoms with Gasteiger partial charge in [0.15, 0.2) is 6.61 Å². The molecule has 7 heteroatoms. The summed E-state index contributed by atoms with van der Waals surface area (Å²) in [5.41, 5.74) is 1.55. The van der Waals surface area contributed by atoms with E-state index in [1.54, 1.807) is 37.3 Å². The van der Waals surface area contributed by atoms with Gasteiger partial charge in [-0.3, -0.25) is 14.9 Å². The second-order valence-electron chi connectivity index (χ2n) is 4.95. The van der Waals surface area contributed by atoms with Crippen LogP contribution in [0.2, 0.25) is 5.02 Å². The largest absolute Gasteiger partial charge is 0.484 e. The van der Waals surface area contributed by atoms with Crippen LogP contribution in [0, 0.1) is 24.0 Å². The van der Waals surface area contributed by atoms with E-state index < -0.39 is 10.8 Å². The molecule has 23 heavy (non-hydrogen) atoms. The third-order valence-electron chi connectivity index (χ3n) is 3.36. The van der Waals surface area contributed by atoms with E-state index in [4.69, 9.17) is 16.3 Å². The van der Waals surface area contributed by atoms with Crippen LogP contribution < -0.4 is 10.1 Å². The van der Waals surface area contributed by atoms with Crippen molar-refractivity contribution in [2.45, 2.75) is 13.8 Å². The van der Waals surface area contributed by atoms with E-state index >= 15 is 0 Å². The van der Waals surface area contributed by atoms with Crippen LogP contribution >= 0.6 is 11.6 Å². The molecule has 0 aliphatic rings. The normalized spacial score (nSPS) is 10.2. The van der Waals surface area contributed by atoms with Gasteiger partial charge in [0.25, 0.3) is 11.6 Å². The molecular formula is C16H15ClN2O4. The number of nitro benzene ring substituents is 1. The number of amides is 1. The predicted octanol–water partition coefficient (Wildman–Crippen LogP) is 3.88. The molecule has 0 unspecified atom stereocenters. The zero-order valence-corrected chi connectivity index (χ0v) is 13.4. The molecule has 0 radical (unpaired) electrons. The summed E-state index contributed by atoms with van der Waals surface area (Å²) in [6.45, 7) is 3.28. The Kier molecular flexibility index (Phi) is 5.18. The number of halogens is 1. The minimum atomic E-state index is -0.526. The van der Waals surface area contributed by atoms with Crippen LogP contribution in [0.1, 0.15) is 11.1 Å². The molecule has 2 aromatic carbocycles. The maximum atomic E-state index is 12.0. The van der Waals surface area contributed by atoms with Crippen molar-refractivity contribution in [1.82, 2.24) is 0 Å². The lowest BCUT2D eigenvalue weighted by molar-refractivity contribution is -0.384. The van der Waals surface area contributed by atoms with Gasteiger partial charge < -0.3 is 10.1 Å². The second-order valence-corrected chi connectivity index (χ2v) is 5.39. The van der Waals surface area contributed by atoms with Crippen molar-refractivity contribution in [1.29, 1.82) is 0 Å². The third-order valence-corrected chi connectivity index (χ3v) is 3.61. The summed E-state index contributed by atoms with van der Waals surface area (Å²) in [6.07, 6.45) is 0. The van der Waals surface area contributed by atoms with Gasteiger partial charge in [0.1, 0.15) is 11.4 Å². The fraction of sp³-hybridized carbons (Fsp3) is 0.188. The van der Waals surface area contributed by atoms with Gasteiger partial charge in [0.2, 0.25) is 0 Å². The smallest absolute Gasteiger partial charge is 0.293 e. The van der Waals surface area contributed by atoms with Crippen molar-refractivity contribution < 1.29 is 14.5 Å². The fourth-order valence-corrected chi connectivity index (χ4v) is 2.09. The topological polar surface area (TPSA) is 81.5 Å². The van der Waals surface area contributed by atoms with Crippen molar-refractivity contribution in [3.05, 3.63) is 62.7 Å². The summed E-state index contributed by atoms with van der Waals surface area (Å²) >= 11 is 5.76. The Labute approximate surface area is 138 Å². The number of carbonyl (C=O) groups excluding carboxylic acids is 1. The molecule has 0 saturated heterocycles. The average molecular weight is 335 g/mol. The minimum absolute atomic E-state index is 0.145. The number of hydrogen-bond acceptors (Lipinski definition) is 4. The van der Waals surface area contributed by atoms with Crippen molar-refractivity contribution >= 4 is 28.9 Å². The lowest BCUT2D eigenvalue weighted by atomic mass is 10.1. The van der Waals surface area contributed by atoms with Gasteiger partial charge in [0.05, 0.1) is 4.92 Å². The predicted molar refractivity (Wildman–Crippen MR) is 88.1 cm³/mol. The summed E-state index contributed by atoms with van der Waals surface area (Å²) in [7, 11) is 0. The van der Waals surface area contributed by atoms with Crippen molar-refractivity contribution in [2.75, 3.05) is 11.9 Å². The summed E-state index contributed by atoms with van der Waals surface area (Å²) in [6, 6.07) is 9.58. The Hall–Kier alpha value is -2.60. The molecule has 0 spiro atoms. The molecule has 0 aliphatic heterocycles. The first-order chi connectivity index (χ1) is 10.9. The Morgan fingerprint density at radius 1 is 1.22 bits per heavy atom. The molecule has 0 fully saturated rings. The number of benzene rings is 2. The van der Waals surface area contributed by atoms with Crippen LogP contribution in [0.5, 0.6) is 5.75 Å². The van der Waals surface area contributed by atoms with Crippen LogP contribution in [-0.2, 0) is 4.79 Å². The third kappa shape index (κ3) is 4.20. The summed E-state index contributed by atoms with van der Waals surface area (Å²) in [5, 5.41) is 14.2. The first-order valence-electron chi connectivity index (χ1n) is 6.81. The highest BCUT2D eigenvalue weighted by Gasteiger charge is 2.19. The molecule has 2 rings (SSSR count). The van der Waals surface area contributed by atoms with Crippen LogP contribution in [0.3, 0.4) is 0 Å². The monoisotopic (exact) mass is 334 g/mol. The first kappa shape index (κ1) is 16.8. The standard InChI is InChI=1S/C16H15ClN2O4/c1-10-3-8-14(19(21)22)16(11(10)2)18-15(20)9-23-13-6-4-12(17)5-7-13/h3-8H,9H2,1-2H3,(H,18,20). The Morgan fingerprint density at radius 2 is 1.87 bits per heavy atom. The van der Waals surface area contributed by atoms with Gasteiger partial charge in [-0.15, -0.1) is 0 Å². The maximum absolute atomic E-state index is 12.0. The summed E-state index contributed by atoms with van der Waals surface area (Å²) in [4.78, 5) is 22.6. The number of aryl methyl sites for hydroxylation is 1. The number of ether oxygens (including phenoxy) is 1. The van der Waals surface area contributed by atoms with Gasteiger partial charge in [-0.25, -0.2) is 0 Å². The molecule has 0 atom stereocenters. The number of nitro groups is 1. The Morgan fingerprint density at radius 3 is 2.48 bits per heavy atom. The van der Waals surface area contributed by atoms with Crippen LogP contribution in [-0.4, -0.2) is 17.4 Å². The molecule has 1 amide bonds. The summed E-state index contributed by atoms with van der Waals surface area (Å²) in [5.74, 6) is 0.0109. The van der Waals surface area contributed by atoms with Gasteiger partial charge in [0, 0.05) is 11.1 Å². The Bertz CT molecular complexity index is 744. The molecule has 0 aliphatic carbocycles. The van der Waals surface area contributed by atoms with Gasteiger partial charge in [-0.2, -0.15) is 0 Å². The SMILES string of the molecule is Cc1ccc([N+](=O)[O-])c(NC(=O)COc2ccc(Cl)cc2)c1C. The molecule has 1 N–H and O–H groups in total. The van der Waals surface area contributed by atoms with Gasteiger partial charge in [-0.05, 0) is 49.2 Å². The average Bonchev–Trinajstić information content (AvgIpc) is 2.51. The van der Waals surface area contributed by atoms with Crippen molar-refractivity contribution in [3.63, 3.8) is 0 Å². The van der Waals surface area contributed by atoms with E-state index in [2.05, 4.69) is 5.32 Å². The molecule has 0 aromatic heterocycles.